The van der Waals surface area contributed by atoms with Crippen molar-refractivity contribution in [2.45, 2.75) is 12.5 Å². The first-order valence-corrected chi connectivity index (χ1v) is 8.34. The van der Waals surface area contributed by atoms with Gasteiger partial charge in [0, 0.05) is 17.8 Å². The molecule has 0 saturated heterocycles. The molecule has 4 rings (SSSR count). The largest absolute Gasteiger partial charge is 0.508 e. The van der Waals surface area contributed by atoms with Crippen LogP contribution >= 0.6 is 0 Å². The molecule has 0 unspecified atom stereocenters. The molecule has 1 heterocycles. The number of hydrogen-bond donors (Lipinski definition) is 4. The molecule has 1 saturated carbocycles. The Balaban J connectivity index is 1.57. The van der Waals surface area contributed by atoms with Gasteiger partial charge < -0.3 is 21.5 Å². The Morgan fingerprint density at radius 3 is 2.88 bits per heavy atom. The third kappa shape index (κ3) is 2.94. The van der Waals surface area contributed by atoms with Crippen molar-refractivity contribution in [3.8, 4) is 5.75 Å². The molecule has 0 radical (unpaired) electrons. The molecule has 2 bridgehead atoms. The second-order valence-corrected chi connectivity index (χ2v) is 6.61. The third-order valence-corrected chi connectivity index (χ3v) is 4.94. The van der Waals surface area contributed by atoms with Gasteiger partial charge in [-0.3, -0.25) is 4.79 Å². The third-order valence-electron chi connectivity index (χ3n) is 4.94. The predicted molar refractivity (Wildman–Crippen MR) is 94.2 cm³/mol. The van der Waals surface area contributed by atoms with Crippen LogP contribution in [-0.4, -0.2) is 27.0 Å². The summed E-state index contributed by atoms with van der Waals surface area (Å²) in [4.78, 5) is 19.9. The Bertz CT molecular complexity index is 888. The molecule has 0 spiro atoms. The van der Waals surface area contributed by atoms with E-state index in [9.17, 15) is 14.3 Å². The van der Waals surface area contributed by atoms with Crippen molar-refractivity contribution >= 4 is 23.4 Å². The van der Waals surface area contributed by atoms with Crippen molar-refractivity contribution < 1.29 is 14.3 Å². The average Bonchev–Trinajstić information content (AvgIpc) is 3.19. The number of rotatable bonds is 5. The predicted octanol–water partition coefficient (Wildman–Crippen LogP) is 2.15. The van der Waals surface area contributed by atoms with Crippen LogP contribution in [0.3, 0.4) is 0 Å². The molecule has 5 N–H and O–H groups in total. The number of aromatic hydroxyl groups is 1. The molecule has 7 nitrogen and oxygen atoms in total. The van der Waals surface area contributed by atoms with Crippen LogP contribution in [0, 0.1) is 23.6 Å². The van der Waals surface area contributed by atoms with Crippen LogP contribution in [0.5, 0.6) is 5.75 Å². The van der Waals surface area contributed by atoms with Gasteiger partial charge in [0.2, 0.25) is 11.9 Å². The number of phenols is 1. The molecule has 4 atom stereocenters. The summed E-state index contributed by atoms with van der Waals surface area (Å²) < 4.78 is 14.2. The zero-order chi connectivity index (χ0) is 18.3. The lowest BCUT2D eigenvalue weighted by atomic mass is 9.88. The minimum absolute atomic E-state index is 0.0138. The molecule has 1 fully saturated rings. The summed E-state index contributed by atoms with van der Waals surface area (Å²) in [6, 6.07) is 6.14. The molecule has 2 aliphatic carbocycles. The number of nitrogens with zero attached hydrogens (tertiary/aromatic N) is 2. The van der Waals surface area contributed by atoms with E-state index in [0.29, 0.717) is 5.69 Å². The Kier molecular flexibility index (Phi) is 3.95. The van der Waals surface area contributed by atoms with Gasteiger partial charge in [-0.15, -0.1) is 0 Å². The summed E-state index contributed by atoms with van der Waals surface area (Å²) in [5, 5.41) is 15.5. The van der Waals surface area contributed by atoms with E-state index in [1.165, 1.54) is 12.1 Å². The molecule has 0 aliphatic heterocycles. The van der Waals surface area contributed by atoms with Crippen LogP contribution in [-0.2, 0) is 4.79 Å². The maximum atomic E-state index is 14.2. The fourth-order valence-electron chi connectivity index (χ4n) is 3.81. The molecule has 1 aromatic heterocycles. The first-order valence-electron chi connectivity index (χ1n) is 8.34. The number of fused-ring (bicyclic) bond motifs is 2. The van der Waals surface area contributed by atoms with Gasteiger partial charge in [-0.2, -0.15) is 4.98 Å². The molecule has 1 amide bonds. The number of allylic oxidation sites excluding steroid dienone is 1. The second kappa shape index (κ2) is 6.29. The average molecular weight is 355 g/mol. The highest BCUT2D eigenvalue weighted by Crippen LogP contribution is 2.44. The van der Waals surface area contributed by atoms with Gasteiger partial charge in [-0.05, 0) is 30.4 Å². The van der Waals surface area contributed by atoms with Crippen molar-refractivity contribution in [2.24, 2.45) is 23.5 Å². The number of hydrogen-bond acceptors (Lipinski definition) is 6. The van der Waals surface area contributed by atoms with E-state index in [2.05, 4.69) is 20.6 Å². The molecular weight excluding hydrogens is 337 g/mol. The van der Waals surface area contributed by atoms with E-state index in [4.69, 9.17) is 5.73 Å². The van der Waals surface area contributed by atoms with Gasteiger partial charge in [-0.1, -0.05) is 18.2 Å². The molecule has 2 aliphatic rings. The Labute approximate surface area is 149 Å². The lowest BCUT2D eigenvalue weighted by molar-refractivity contribution is -0.122. The number of phenolic OH excluding ortho intramolecular Hbond substituents is 1. The smallest absolute Gasteiger partial charge is 0.229 e. The summed E-state index contributed by atoms with van der Waals surface area (Å²) in [5.41, 5.74) is 6.11. The summed E-state index contributed by atoms with van der Waals surface area (Å²) >= 11 is 0. The minimum Gasteiger partial charge on any atom is -0.508 e. The van der Waals surface area contributed by atoms with Crippen molar-refractivity contribution in [1.82, 2.24) is 9.97 Å². The van der Waals surface area contributed by atoms with E-state index < -0.39 is 11.7 Å². The quantitative estimate of drug-likeness (QED) is 0.611. The van der Waals surface area contributed by atoms with E-state index >= 15 is 0 Å². The van der Waals surface area contributed by atoms with Crippen LogP contribution < -0.4 is 16.4 Å². The number of aromatic nitrogens is 2. The standard InChI is InChI=1S/C18H18FN5O2/c19-13-8-21-18(22-11-2-1-3-12(25)7-11)24-17(13)23-15-10-5-4-9(6-10)14(15)16(20)26/h1-5,7-10,14-15,25H,6H2,(H2,20,26)(H2,21,22,23,24)/t9-,10+,14+,15-/m1/s1. The van der Waals surface area contributed by atoms with Crippen LogP contribution in [0.25, 0.3) is 0 Å². The minimum atomic E-state index is -0.610. The lowest BCUT2D eigenvalue weighted by Crippen LogP contribution is -2.41. The topological polar surface area (TPSA) is 113 Å². The van der Waals surface area contributed by atoms with E-state index in [1.54, 1.807) is 12.1 Å². The van der Waals surface area contributed by atoms with E-state index in [0.717, 1.165) is 12.6 Å². The number of amides is 1. The number of nitrogens with one attached hydrogen (secondary N) is 2. The Morgan fingerprint density at radius 1 is 1.31 bits per heavy atom. The van der Waals surface area contributed by atoms with Crippen LogP contribution in [0.15, 0.2) is 42.6 Å². The number of carbonyl (C=O) groups excluding carboxylic acids is 1. The summed E-state index contributed by atoms with van der Waals surface area (Å²) in [6.45, 7) is 0. The van der Waals surface area contributed by atoms with Gasteiger partial charge in [0.15, 0.2) is 11.6 Å². The first kappa shape index (κ1) is 16.3. The van der Waals surface area contributed by atoms with Crippen LogP contribution in [0.1, 0.15) is 6.42 Å². The Morgan fingerprint density at radius 2 is 2.12 bits per heavy atom. The number of primary amides is 1. The summed E-state index contributed by atoms with van der Waals surface area (Å²) in [6.07, 6.45) is 5.92. The van der Waals surface area contributed by atoms with Crippen molar-refractivity contribution in [3.63, 3.8) is 0 Å². The highest BCUT2D eigenvalue weighted by Gasteiger charge is 2.47. The van der Waals surface area contributed by atoms with Gasteiger partial charge in [-0.25, -0.2) is 9.37 Å². The molecular formula is C18H18FN5O2. The lowest BCUT2D eigenvalue weighted by Gasteiger charge is -2.27. The maximum Gasteiger partial charge on any atom is 0.229 e. The molecule has 1 aromatic carbocycles. The number of anilines is 3. The number of nitrogens with two attached hydrogens (primary N) is 1. The van der Waals surface area contributed by atoms with Crippen LogP contribution in [0.2, 0.25) is 0 Å². The number of halogens is 1. The zero-order valence-corrected chi connectivity index (χ0v) is 13.8. The second-order valence-electron chi connectivity index (χ2n) is 6.61. The van der Waals surface area contributed by atoms with E-state index in [1.807, 2.05) is 12.2 Å². The fraction of sp³-hybridized carbons (Fsp3) is 0.278. The van der Waals surface area contributed by atoms with Gasteiger partial charge in [0.05, 0.1) is 12.1 Å². The number of carbonyl (C=O) groups is 1. The first-order chi connectivity index (χ1) is 12.5. The van der Waals surface area contributed by atoms with Crippen molar-refractivity contribution in [3.05, 3.63) is 48.4 Å². The molecule has 8 heteroatoms. The fourth-order valence-corrected chi connectivity index (χ4v) is 3.81. The van der Waals surface area contributed by atoms with Crippen molar-refractivity contribution in [1.29, 1.82) is 0 Å². The molecule has 134 valence electrons. The van der Waals surface area contributed by atoms with Gasteiger partial charge in [0.1, 0.15) is 5.75 Å². The molecule has 2 aromatic rings. The van der Waals surface area contributed by atoms with Gasteiger partial charge in [0.25, 0.3) is 0 Å². The highest BCUT2D eigenvalue weighted by molar-refractivity contribution is 5.79. The van der Waals surface area contributed by atoms with Gasteiger partial charge >= 0.3 is 0 Å². The SMILES string of the molecule is NC(=O)[C@@H]1[C@H](Nc2nc(Nc3cccc(O)c3)ncc2F)[C@H]2C=C[C@@H]1C2. The monoisotopic (exact) mass is 355 g/mol. The Hall–Kier alpha value is -3.16. The summed E-state index contributed by atoms with van der Waals surface area (Å²) in [5.74, 6) is -0.906. The number of benzene rings is 1. The highest BCUT2D eigenvalue weighted by atomic mass is 19.1. The van der Waals surface area contributed by atoms with Crippen LogP contribution in [0.4, 0.5) is 21.8 Å². The van der Waals surface area contributed by atoms with Crippen molar-refractivity contribution in [2.75, 3.05) is 10.6 Å². The zero-order valence-electron chi connectivity index (χ0n) is 13.8. The van der Waals surface area contributed by atoms with E-state index in [-0.39, 0.29) is 41.3 Å². The normalized spacial score (nSPS) is 26.0. The maximum absolute atomic E-state index is 14.2. The molecule has 26 heavy (non-hydrogen) atoms. The summed E-state index contributed by atoms with van der Waals surface area (Å²) in [7, 11) is 0.